The number of aldehydes is 1. The van der Waals surface area contributed by atoms with E-state index in [0.717, 1.165) is 19.3 Å². The highest BCUT2D eigenvalue weighted by Gasteiger charge is 2.19. The van der Waals surface area contributed by atoms with Gasteiger partial charge in [-0.3, -0.25) is 9.59 Å². The van der Waals surface area contributed by atoms with Gasteiger partial charge in [-0.25, -0.2) is 4.98 Å². The Morgan fingerprint density at radius 3 is 1.90 bits per heavy atom. The van der Waals surface area contributed by atoms with Crippen LogP contribution in [0.25, 0.3) is 0 Å². The number of aliphatic hydroxyl groups excluding tert-OH is 1. The van der Waals surface area contributed by atoms with E-state index in [1.165, 1.54) is 71.1 Å². The van der Waals surface area contributed by atoms with Crippen LogP contribution in [-0.2, 0) is 11.4 Å². The molecule has 0 atom stereocenters. The third-order valence-electron chi connectivity index (χ3n) is 5.42. The van der Waals surface area contributed by atoms with Gasteiger partial charge in [-0.15, -0.1) is 0 Å². The van der Waals surface area contributed by atoms with E-state index < -0.39 is 12.6 Å². The van der Waals surface area contributed by atoms with E-state index in [4.69, 9.17) is 4.74 Å². The van der Waals surface area contributed by atoms with E-state index in [0.29, 0.717) is 6.29 Å². The van der Waals surface area contributed by atoms with Crippen molar-refractivity contribution >= 4 is 12.3 Å². The van der Waals surface area contributed by atoms with E-state index in [-0.39, 0.29) is 34.9 Å². The van der Waals surface area contributed by atoms with Crippen molar-refractivity contribution in [2.75, 3.05) is 0 Å². The second kappa shape index (κ2) is 15.8. The van der Waals surface area contributed by atoms with Crippen LogP contribution in [-0.4, -0.2) is 27.5 Å². The van der Waals surface area contributed by atoms with E-state index >= 15 is 0 Å². The SMILES string of the molecule is CCCCCCCCCCCCCCCC(=O)Oc1nc(C)c(O)c(C=O)c1CO. The number of aryl methyl sites for hydroxylation is 1. The standard InChI is InChI=1S/C24H39NO5/c1-3-4-5-6-7-8-9-10-11-12-13-14-15-16-22(28)30-24-21(18-27)20(17-26)23(29)19(2)25-24/h17,27,29H,3-16,18H2,1-2H3. The van der Waals surface area contributed by atoms with Gasteiger partial charge in [0, 0.05) is 6.42 Å². The molecule has 0 amide bonds. The molecule has 0 fully saturated rings. The number of esters is 1. The molecule has 1 heterocycles. The topological polar surface area (TPSA) is 96.7 Å². The zero-order valence-electron chi connectivity index (χ0n) is 18.8. The second-order valence-corrected chi connectivity index (χ2v) is 7.99. The van der Waals surface area contributed by atoms with Crippen LogP contribution < -0.4 is 4.74 Å². The molecule has 6 heteroatoms. The first kappa shape index (κ1) is 26.1. The molecule has 1 aromatic heterocycles. The monoisotopic (exact) mass is 421 g/mol. The number of carbonyl (C=O) groups is 2. The summed E-state index contributed by atoms with van der Waals surface area (Å²) >= 11 is 0. The summed E-state index contributed by atoms with van der Waals surface area (Å²) in [6.45, 7) is 3.21. The lowest BCUT2D eigenvalue weighted by atomic mass is 10.0. The maximum Gasteiger partial charge on any atom is 0.312 e. The number of ether oxygens (including phenoxy) is 1. The Morgan fingerprint density at radius 2 is 1.43 bits per heavy atom. The molecule has 0 aliphatic heterocycles. The minimum atomic E-state index is -0.545. The van der Waals surface area contributed by atoms with Crippen LogP contribution in [0.3, 0.4) is 0 Å². The Balaban J connectivity index is 2.17. The van der Waals surface area contributed by atoms with Crippen LogP contribution >= 0.6 is 0 Å². The Kier molecular flexibility index (Phi) is 13.8. The molecule has 0 aromatic carbocycles. The summed E-state index contributed by atoms with van der Waals surface area (Å²) in [6.07, 6.45) is 16.7. The van der Waals surface area contributed by atoms with E-state index in [9.17, 15) is 19.8 Å². The molecule has 1 aromatic rings. The molecule has 6 nitrogen and oxygen atoms in total. The molecule has 1 rings (SSSR count). The summed E-state index contributed by atoms with van der Waals surface area (Å²) in [6, 6.07) is 0. The lowest BCUT2D eigenvalue weighted by Gasteiger charge is -2.12. The molecular formula is C24H39NO5. The number of nitrogens with zero attached hydrogens (tertiary/aromatic N) is 1. The van der Waals surface area contributed by atoms with Crippen LogP contribution in [0.4, 0.5) is 0 Å². The summed E-state index contributed by atoms with van der Waals surface area (Å²) in [4.78, 5) is 27.2. The Bertz CT molecular complexity index is 645. The molecule has 0 radical (unpaired) electrons. The predicted octanol–water partition coefficient (Wildman–Crippen LogP) is 5.79. The Labute approximate surface area is 181 Å². The molecule has 0 saturated carbocycles. The minimum absolute atomic E-state index is 0.0341. The van der Waals surface area contributed by atoms with Crippen LogP contribution in [0.2, 0.25) is 0 Å². The quantitative estimate of drug-likeness (QED) is 0.188. The van der Waals surface area contributed by atoms with Crippen molar-refractivity contribution < 1.29 is 24.5 Å². The lowest BCUT2D eigenvalue weighted by Crippen LogP contribution is -2.12. The number of aromatic nitrogens is 1. The molecule has 2 N–H and O–H groups in total. The van der Waals surface area contributed by atoms with Gasteiger partial charge in [-0.2, -0.15) is 0 Å². The zero-order valence-corrected chi connectivity index (χ0v) is 18.8. The van der Waals surface area contributed by atoms with Gasteiger partial charge in [-0.1, -0.05) is 84.0 Å². The number of hydrogen-bond donors (Lipinski definition) is 2. The predicted molar refractivity (Wildman–Crippen MR) is 118 cm³/mol. The van der Waals surface area contributed by atoms with Crippen molar-refractivity contribution in [2.45, 2.75) is 110 Å². The molecular weight excluding hydrogens is 382 g/mol. The molecule has 30 heavy (non-hydrogen) atoms. The highest BCUT2D eigenvalue weighted by molar-refractivity contribution is 5.83. The number of aromatic hydroxyl groups is 1. The van der Waals surface area contributed by atoms with Gasteiger partial charge in [0.05, 0.1) is 23.4 Å². The first-order valence-electron chi connectivity index (χ1n) is 11.5. The summed E-state index contributed by atoms with van der Waals surface area (Å²) in [5.41, 5.74) is 0.124. The first-order valence-corrected chi connectivity index (χ1v) is 11.5. The van der Waals surface area contributed by atoms with E-state index in [1.54, 1.807) is 0 Å². The van der Waals surface area contributed by atoms with Crippen LogP contribution in [0, 0.1) is 6.92 Å². The van der Waals surface area contributed by atoms with E-state index in [1.807, 2.05) is 0 Å². The van der Waals surface area contributed by atoms with Crippen LogP contribution in [0.5, 0.6) is 11.6 Å². The smallest absolute Gasteiger partial charge is 0.312 e. The van der Waals surface area contributed by atoms with Gasteiger partial charge in [0.1, 0.15) is 5.75 Å². The average Bonchev–Trinajstić information content (AvgIpc) is 2.73. The maximum absolute atomic E-state index is 12.1. The Morgan fingerprint density at radius 1 is 0.933 bits per heavy atom. The number of carbonyl (C=O) groups excluding carboxylic acids is 2. The fourth-order valence-corrected chi connectivity index (χ4v) is 3.54. The summed E-state index contributed by atoms with van der Waals surface area (Å²) in [5.74, 6) is -0.845. The van der Waals surface area contributed by atoms with Crippen molar-refractivity contribution in [1.82, 2.24) is 4.98 Å². The number of unbranched alkanes of at least 4 members (excludes halogenated alkanes) is 12. The Hall–Kier alpha value is -1.95. The first-order chi connectivity index (χ1) is 14.5. The van der Waals surface area contributed by atoms with Gasteiger partial charge < -0.3 is 14.9 Å². The van der Waals surface area contributed by atoms with Crippen molar-refractivity contribution in [2.24, 2.45) is 0 Å². The summed E-state index contributed by atoms with van der Waals surface area (Å²) in [5, 5.41) is 19.3. The van der Waals surface area contributed by atoms with Crippen molar-refractivity contribution in [3.05, 3.63) is 16.8 Å². The van der Waals surface area contributed by atoms with E-state index in [2.05, 4.69) is 11.9 Å². The molecule has 0 aliphatic rings. The van der Waals surface area contributed by atoms with Gasteiger partial charge in [0.2, 0.25) is 5.88 Å². The lowest BCUT2D eigenvalue weighted by molar-refractivity contribution is -0.134. The fourth-order valence-electron chi connectivity index (χ4n) is 3.54. The van der Waals surface area contributed by atoms with Gasteiger partial charge in [-0.05, 0) is 13.3 Å². The normalized spacial score (nSPS) is 10.9. The molecule has 0 saturated heterocycles. The fraction of sp³-hybridized carbons (Fsp3) is 0.708. The maximum atomic E-state index is 12.1. The van der Waals surface area contributed by atoms with Crippen molar-refractivity contribution in [3.8, 4) is 11.6 Å². The van der Waals surface area contributed by atoms with Crippen LogP contribution in [0.1, 0.15) is 118 Å². The molecule has 0 unspecified atom stereocenters. The van der Waals surface area contributed by atoms with Crippen molar-refractivity contribution in [3.63, 3.8) is 0 Å². The van der Waals surface area contributed by atoms with Gasteiger partial charge in [0.25, 0.3) is 0 Å². The summed E-state index contributed by atoms with van der Waals surface area (Å²) in [7, 11) is 0. The largest absolute Gasteiger partial charge is 0.505 e. The molecule has 0 bridgehead atoms. The average molecular weight is 422 g/mol. The molecule has 0 aliphatic carbocycles. The highest BCUT2D eigenvalue weighted by Crippen LogP contribution is 2.29. The van der Waals surface area contributed by atoms with Gasteiger partial charge >= 0.3 is 5.97 Å². The molecule has 170 valence electrons. The zero-order chi connectivity index (χ0) is 22.2. The van der Waals surface area contributed by atoms with Crippen molar-refractivity contribution in [1.29, 1.82) is 0 Å². The number of pyridine rings is 1. The number of rotatable bonds is 17. The third kappa shape index (κ3) is 9.70. The highest BCUT2D eigenvalue weighted by atomic mass is 16.5. The number of aliphatic hydroxyl groups is 1. The summed E-state index contributed by atoms with van der Waals surface area (Å²) < 4.78 is 5.24. The van der Waals surface area contributed by atoms with Crippen LogP contribution in [0.15, 0.2) is 0 Å². The number of hydrogen-bond acceptors (Lipinski definition) is 6. The molecule has 0 spiro atoms. The van der Waals surface area contributed by atoms with Gasteiger partial charge in [0.15, 0.2) is 6.29 Å². The minimum Gasteiger partial charge on any atom is -0.505 e. The second-order valence-electron chi connectivity index (χ2n) is 7.99. The third-order valence-corrected chi connectivity index (χ3v) is 5.42.